The van der Waals surface area contributed by atoms with Crippen molar-refractivity contribution in [2.45, 2.75) is 45.3 Å². The summed E-state index contributed by atoms with van der Waals surface area (Å²) in [4.78, 5) is 11.7. The number of rotatable bonds is 5. The summed E-state index contributed by atoms with van der Waals surface area (Å²) in [6.07, 6.45) is 1.29. The Balaban J connectivity index is 2.75. The zero-order valence-electron chi connectivity index (χ0n) is 10.9. The van der Waals surface area contributed by atoms with E-state index in [-0.39, 0.29) is 24.5 Å². The van der Waals surface area contributed by atoms with Crippen molar-refractivity contribution in [3.63, 3.8) is 0 Å². The highest BCUT2D eigenvalue weighted by molar-refractivity contribution is 7.94. The van der Waals surface area contributed by atoms with Crippen LogP contribution in [0.25, 0.3) is 0 Å². The van der Waals surface area contributed by atoms with E-state index in [1.807, 2.05) is 13.8 Å². The lowest BCUT2D eigenvalue weighted by Gasteiger charge is -2.46. The van der Waals surface area contributed by atoms with Crippen LogP contribution >= 0.6 is 0 Å². The first-order chi connectivity index (χ1) is 7.56. The standard InChI is InChI=1S/C11H21NO4S/c1-10(2,6-5-7-13)8-12-9(14)11(3,4)17(12,15)16/h13H,5-8H2,1-4H3. The molecular weight excluding hydrogens is 242 g/mol. The van der Waals surface area contributed by atoms with Crippen LogP contribution in [0, 0.1) is 5.41 Å². The highest BCUT2D eigenvalue weighted by Crippen LogP contribution is 2.38. The number of hydrogen-bond donors (Lipinski definition) is 1. The highest BCUT2D eigenvalue weighted by atomic mass is 32.2. The number of carbonyl (C=O) groups excluding carboxylic acids is 1. The minimum atomic E-state index is -3.49. The van der Waals surface area contributed by atoms with Gasteiger partial charge in [-0.1, -0.05) is 13.8 Å². The Labute approximate surface area is 103 Å². The normalized spacial score (nSPS) is 22.4. The van der Waals surface area contributed by atoms with Crippen LogP contribution < -0.4 is 0 Å². The molecule has 0 aromatic heterocycles. The molecule has 0 unspecified atom stereocenters. The van der Waals surface area contributed by atoms with Crippen LogP contribution in [0.4, 0.5) is 0 Å². The van der Waals surface area contributed by atoms with Gasteiger partial charge in [-0.05, 0) is 32.1 Å². The number of nitrogens with zero attached hydrogens (tertiary/aromatic N) is 1. The van der Waals surface area contributed by atoms with Gasteiger partial charge in [-0.3, -0.25) is 4.79 Å². The molecule has 0 aliphatic carbocycles. The van der Waals surface area contributed by atoms with Gasteiger partial charge >= 0.3 is 0 Å². The summed E-state index contributed by atoms with van der Waals surface area (Å²) in [5, 5.41) is 8.77. The topological polar surface area (TPSA) is 74.7 Å². The second-order valence-electron chi connectivity index (χ2n) is 5.82. The van der Waals surface area contributed by atoms with Gasteiger partial charge < -0.3 is 5.11 Å². The molecule has 1 heterocycles. The molecule has 17 heavy (non-hydrogen) atoms. The van der Waals surface area contributed by atoms with E-state index in [1.165, 1.54) is 13.8 Å². The van der Waals surface area contributed by atoms with Crippen LogP contribution in [-0.4, -0.2) is 41.6 Å². The SMILES string of the molecule is CC(C)(CCCO)CN1C(=O)C(C)(C)S1(=O)=O. The molecule has 5 nitrogen and oxygen atoms in total. The van der Waals surface area contributed by atoms with Gasteiger partial charge in [0.1, 0.15) is 0 Å². The van der Waals surface area contributed by atoms with E-state index in [0.717, 1.165) is 4.31 Å². The van der Waals surface area contributed by atoms with Gasteiger partial charge in [-0.2, -0.15) is 0 Å². The molecule has 0 spiro atoms. The maximum atomic E-state index is 11.9. The molecule has 0 bridgehead atoms. The van der Waals surface area contributed by atoms with Gasteiger partial charge in [-0.15, -0.1) is 0 Å². The molecular formula is C11H21NO4S. The fourth-order valence-corrected chi connectivity index (χ4v) is 3.65. The molecule has 1 saturated heterocycles. The van der Waals surface area contributed by atoms with Crippen LogP contribution in [-0.2, 0) is 14.8 Å². The molecule has 100 valence electrons. The van der Waals surface area contributed by atoms with E-state index in [9.17, 15) is 13.2 Å². The van der Waals surface area contributed by atoms with E-state index in [0.29, 0.717) is 12.8 Å². The summed E-state index contributed by atoms with van der Waals surface area (Å²) >= 11 is 0. The van der Waals surface area contributed by atoms with Gasteiger partial charge in [-0.25, -0.2) is 12.7 Å². The third-order valence-electron chi connectivity index (χ3n) is 3.26. The summed E-state index contributed by atoms with van der Waals surface area (Å²) in [6.45, 7) is 6.94. The fraction of sp³-hybridized carbons (Fsp3) is 0.909. The molecule has 1 fully saturated rings. The minimum absolute atomic E-state index is 0.0790. The monoisotopic (exact) mass is 263 g/mol. The largest absolute Gasteiger partial charge is 0.396 e. The minimum Gasteiger partial charge on any atom is -0.396 e. The van der Waals surface area contributed by atoms with Crippen molar-refractivity contribution >= 4 is 15.9 Å². The fourth-order valence-electron chi connectivity index (χ4n) is 1.94. The molecule has 1 rings (SSSR count). The number of hydrogen-bond acceptors (Lipinski definition) is 4. The molecule has 1 N–H and O–H groups in total. The number of amides is 1. The van der Waals surface area contributed by atoms with E-state index in [4.69, 9.17) is 5.11 Å². The van der Waals surface area contributed by atoms with Crippen molar-refractivity contribution in [1.82, 2.24) is 4.31 Å². The van der Waals surface area contributed by atoms with Gasteiger partial charge in [0.15, 0.2) is 4.75 Å². The van der Waals surface area contributed by atoms with Crippen molar-refractivity contribution in [2.75, 3.05) is 13.2 Å². The van der Waals surface area contributed by atoms with Crippen molar-refractivity contribution in [3.8, 4) is 0 Å². The third-order valence-corrected chi connectivity index (χ3v) is 5.60. The maximum Gasteiger partial charge on any atom is 0.258 e. The van der Waals surface area contributed by atoms with E-state index in [2.05, 4.69) is 0 Å². The lowest BCUT2D eigenvalue weighted by Crippen LogP contribution is -2.68. The van der Waals surface area contributed by atoms with Crippen LogP contribution in [0.2, 0.25) is 0 Å². The van der Waals surface area contributed by atoms with Crippen molar-refractivity contribution in [2.24, 2.45) is 5.41 Å². The van der Waals surface area contributed by atoms with Gasteiger partial charge in [0.2, 0.25) is 0 Å². The van der Waals surface area contributed by atoms with Crippen LogP contribution in [0.15, 0.2) is 0 Å². The van der Waals surface area contributed by atoms with Crippen LogP contribution in [0.5, 0.6) is 0 Å². The first kappa shape index (κ1) is 14.4. The van der Waals surface area contributed by atoms with Crippen LogP contribution in [0.1, 0.15) is 40.5 Å². The smallest absolute Gasteiger partial charge is 0.258 e. The summed E-state index contributed by atoms with van der Waals surface area (Å²) in [5.74, 6) is -0.338. The zero-order chi connectivity index (χ0) is 13.5. The predicted molar refractivity (Wildman–Crippen MR) is 64.8 cm³/mol. The molecule has 0 radical (unpaired) electrons. The Morgan fingerprint density at radius 1 is 1.35 bits per heavy atom. The Morgan fingerprint density at radius 2 is 1.88 bits per heavy atom. The number of aliphatic hydroxyl groups excluding tert-OH is 1. The molecule has 1 aliphatic heterocycles. The second kappa shape index (κ2) is 4.24. The van der Waals surface area contributed by atoms with Gasteiger partial charge in [0.05, 0.1) is 0 Å². The molecule has 1 aliphatic rings. The number of sulfonamides is 1. The zero-order valence-corrected chi connectivity index (χ0v) is 11.7. The first-order valence-electron chi connectivity index (χ1n) is 5.74. The molecule has 0 aromatic rings. The summed E-state index contributed by atoms with van der Waals surface area (Å²) < 4.78 is 23.5. The van der Waals surface area contributed by atoms with Gasteiger partial charge in [0.25, 0.3) is 15.9 Å². The average Bonchev–Trinajstić information content (AvgIpc) is 2.22. The molecule has 0 aromatic carbocycles. The van der Waals surface area contributed by atoms with Crippen molar-refractivity contribution in [3.05, 3.63) is 0 Å². The van der Waals surface area contributed by atoms with E-state index < -0.39 is 14.8 Å². The first-order valence-corrected chi connectivity index (χ1v) is 7.18. The molecule has 1 amide bonds. The third kappa shape index (κ3) is 2.33. The second-order valence-corrected chi connectivity index (χ2v) is 8.23. The quantitative estimate of drug-likeness (QED) is 0.793. The number of aliphatic hydroxyl groups is 1. The summed E-state index contributed by atoms with van der Waals surface area (Å²) in [5.41, 5.74) is -0.304. The summed E-state index contributed by atoms with van der Waals surface area (Å²) in [6, 6.07) is 0. The van der Waals surface area contributed by atoms with E-state index in [1.54, 1.807) is 0 Å². The number of carbonyl (C=O) groups is 1. The van der Waals surface area contributed by atoms with E-state index >= 15 is 0 Å². The summed E-state index contributed by atoms with van der Waals surface area (Å²) in [7, 11) is -3.49. The Bertz CT molecular complexity index is 411. The Kier molecular flexibility index (Phi) is 3.60. The Hall–Kier alpha value is -0.620. The predicted octanol–water partition coefficient (Wildman–Crippen LogP) is 0.736. The molecule has 6 heteroatoms. The van der Waals surface area contributed by atoms with Crippen LogP contribution in [0.3, 0.4) is 0 Å². The Morgan fingerprint density at radius 3 is 2.29 bits per heavy atom. The van der Waals surface area contributed by atoms with Crippen molar-refractivity contribution < 1.29 is 18.3 Å². The average molecular weight is 263 g/mol. The lowest BCUT2D eigenvalue weighted by molar-refractivity contribution is -0.133. The molecule has 0 atom stereocenters. The highest BCUT2D eigenvalue weighted by Gasteiger charge is 2.60. The molecule has 0 saturated carbocycles. The van der Waals surface area contributed by atoms with Gasteiger partial charge in [0, 0.05) is 13.2 Å². The lowest BCUT2D eigenvalue weighted by atomic mass is 9.87. The van der Waals surface area contributed by atoms with Crippen molar-refractivity contribution in [1.29, 1.82) is 0 Å². The maximum absolute atomic E-state index is 11.9.